The van der Waals surface area contributed by atoms with Crippen LogP contribution in [0.4, 0.5) is 10.5 Å². The van der Waals surface area contributed by atoms with Crippen LogP contribution >= 0.6 is 0 Å². The smallest absolute Gasteiger partial charge is 0.318 e. The maximum atomic E-state index is 12.6. The number of rotatable bonds is 5. The van der Waals surface area contributed by atoms with E-state index in [0.29, 0.717) is 31.2 Å². The topological polar surface area (TPSA) is 74.5 Å². The van der Waals surface area contributed by atoms with Gasteiger partial charge in [-0.2, -0.15) is 4.98 Å². The van der Waals surface area contributed by atoms with Gasteiger partial charge in [0.2, 0.25) is 5.89 Å². The molecular weight excluding hydrogens is 330 g/mol. The number of para-hydroxylation sites is 1. The third-order valence-electron chi connectivity index (χ3n) is 4.83. The molecule has 26 heavy (non-hydrogen) atoms. The first-order valence-corrected chi connectivity index (χ1v) is 9.30. The van der Waals surface area contributed by atoms with Crippen LogP contribution in [0.15, 0.2) is 28.8 Å². The third-order valence-corrected chi connectivity index (χ3v) is 4.83. The van der Waals surface area contributed by atoms with Crippen molar-refractivity contribution in [1.82, 2.24) is 20.4 Å². The average molecular weight is 357 g/mol. The zero-order valence-electron chi connectivity index (χ0n) is 15.7. The van der Waals surface area contributed by atoms with E-state index in [1.54, 1.807) is 6.92 Å². The lowest BCUT2D eigenvalue weighted by Crippen LogP contribution is -2.52. The number of carbonyl (C=O) groups excluding carboxylic acids is 1. The molecule has 0 aliphatic carbocycles. The van der Waals surface area contributed by atoms with Crippen molar-refractivity contribution in [3.05, 3.63) is 41.5 Å². The maximum Gasteiger partial charge on any atom is 0.318 e. The molecule has 1 aliphatic rings. The molecule has 1 saturated heterocycles. The highest BCUT2D eigenvalue weighted by atomic mass is 16.5. The molecule has 2 amide bonds. The Morgan fingerprint density at radius 1 is 1.23 bits per heavy atom. The molecule has 1 atom stereocenters. The number of amides is 2. The molecule has 140 valence electrons. The number of nitrogens with one attached hydrogen (secondary N) is 1. The monoisotopic (exact) mass is 357 g/mol. The Hall–Kier alpha value is -2.57. The number of hydrogen-bond donors (Lipinski definition) is 1. The van der Waals surface area contributed by atoms with Gasteiger partial charge in [-0.25, -0.2) is 4.79 Å². The summed E-state index contributed by atoms with van der Waals surface area (Å²) in [6, 6.07) is 8.17. The summed E-state index contributed by atoms with van der Waals surface area (Å²) in [5.41, 5.74) is 2.63. The Labute approximate surface area is 154 Å². The summed E-state index contributed by atoms with van der Waals surface area (Å²) in [6.07, 6.45) is 1.72. The molecular formula is C19H27N5O2. The molecule has 2 aromatic rings. The normalized spacial score (nSPS) is 15.8. The molecule has 0 bridgehead atoms. The van der Waals surface area contributed by atoms with Crippen LogP contribution in [0.5, 0.6) is 0 Å². The fourth-order valence-electron chi connectivity index (χ4n) is 3.30. The molecule has 1 fully saturated rings. The molecule has 7 nitrogen and oxygen atoms in total. The number of nitrogens with zero attached hydrogens (tertiary/aromatic N) is 4. The van der Waals surface area contributed by atoms with Crippen molar-refractivity contribution < 1.29 is 9.32 Å². The molecule has 3 rings (SSSR count). The van der Waals surface area contributed by atoms with Crippen LogP contribution in [0.2, 0.25) is 0 Å². The van der Waals surface area contributed by atoms with Gasteiger partial charge in [0, 0.05) is 31.9 Å². The maximum absolute atomic E-state index is 12.6. The van der Waals surface area contributed by atoms with Crippen molar-refractivity contribution in [2.45, 2.75) is 39.7 Å². The van der Waals surface area contributed by atoms with E-state index in [2.05, 4.69) is 51.5 Å². The highest BCUT2D eigenvalue weighted by Crippen LogP contribution is 2.22. The van der Waals surface area contributed by atoms with Crippen molar-refractivity contribution in [2.75, 3.05) is 31.1 Å². The van der Waals surface area contributed by atoms with Gasteiger partial charge >= 0.3 is 6.03 Å². The minimum absolute atomic E-state index is 0.0730. The number of benzene rings is 1. The zero-order chi connectivity index (χ0) is 18.5. The second kappa shape index (κ2) is 8.21. The van der Waals surface area contributed by atoms with Gasteiger partial charge in [-0.15, -0.1) is 0 Å². The first-order valence-electron chi connectivity index (χ1n) is 9.30. The molecule has 0 saturated carbocycles. The molecule has 2 heterocycles. The van der Waals surface area contributed by atoms with E-state index in [1.165, 1.54) is 11.3 Å². The van der Waals surface area contributed by atoms with Crippen LogP contribution in [-0.4, -0.2) is 47.3 Å². The van der Waals surface area contributed by atoms with E-state index in [-0.39, 0.29) is 12.1 Å². The third kappa shape index (κ3) is 3.98. The van der Waals surface area contributed by atoms with Crippen LogP contribution in [0.1, 0.15) is 43.6 Å². The number of anilines is 1. The van der Waals surface area contributed by atoms with Crippen LogP contribution in [0.3, 0.4) is 0 Å². The SMILES string of the molecule is CCc1ccccc1N1CCN(C(=O)N[C@@H](CC)c2nc(C)no2)CC1. The van der Waals surface area contributed by atoms with E-state index in [4.69, 9.17) is 4.52 Å². The summed E-state index contributed by atoms with van der Waals surface area (Å²) in [4.78, 5) is 21.1. The van der Waals surface area contributed by atoms with Gasteiger partial charge in [0.25, 0.3) is 0 Å². The lowest BCUT2D eigenvalue weighted by molar-refractivity contribution is 0.186. The molecule has 0 unspecified atom stereocenters. The Morgan fingerprint density at radius 2 is 1.96 bits per heavy atom. The van der Waals surface area contributed by atoms with Crippen molar-refractivity contribution in [2.24, 2.45) is 0 Å². The molecule has 0 radical (unpaired) electrons. The highest BCUT2D eigenvalue weighted by Gasteiger charge is 2.25. The van der Waals surface area contributed by atoms with Gasteiger partial charge in [0.15, 0.2) is 5.82 Å². The predicted molar refractivity (Wildman–Crippen MR) is 100 cm³/mol. The van der Waals surface area contributed by atoms with Gasteiger partial charge in [-0.3, -0.25) is 0 Å². The second-order valence-electron chi connectivity index (χ2n) is 6.55. The van der Waals surface area contributed by atoms with E-state index in [1.807, 2.05) is 11.8 Å². The van der Waals surface area contributed by atoms with Gasteiger partial charge in [-0.1, -0.05) is 37.2 Å². The second-order valence-corrected chi connectivity index (χ2v) is 6.55. The van der Waals surface area contributed by atoms with Gasteiger partial charge in [0.05, 0.1) is 0 Å². The highest BCUT2D eigenvalue weighted by molar-refractivity contribution is 5.75. The predicted octanol–water partition coefficient (Wildman–Crippen LogP) is 2.92. The van der Waals surface area contributed by atoms with Crippen molar-refractivity contribution in [1.29, 1.82) is 0 Å². The summed E-state index contributed by atoms with van der Waals surface area (Å²) in [6.45, 7) is 9.00. The number of piperazine rings is 1. The van der Waals surface area contributed by atoms with E-state index in [0.717, 1.165) is 19.5 Å². The number of hydrogen-bond acceptors (Lipinski definition) is 5. The first kappa shape index (κ1) is 18.2. The van der Waals surface area contributed by atoms with Crippen LogP contribution in [0, 0.1) is 6.92 Å². The van der Waals surface area contributed by atoms with Crippen LogP contribution in [0.25, 0.3) is 0 Å². The molecule has 1 N–H and O–H groups in total. The van der Waals surface area contributed by atoms with Gasteiger partial charge in [-0.05, 0) is 31.4 Å². The number of urea groups is 1. The Kier molecular flexibility index (Phi) is 5.75. The summed E-state index contributed by atoms with van der Waals surface area (Å²) in [7, 11) is 0. The summed E-state index contributed by atoms with van der Waals surface area (Å²) < 4.78 is 5.20. The largest absolute Gasteiger partial charge is 0.368 e. The van der Waals surface area contributed by atoms with E-state index < -0.39 is 0 Å². The molecule has 7 heteroatoms. The molecule has 1 aromatic carbocycles. The Morgan fingerprint density at radius 3 is 2.58 bits per heavy atom. The molecule has 1 aliphatic heterocycles. The average Bonchev–Trinajstić information content (AvgIpc) is 3.12. The minimum Gasteiger partial charge on any atom is -0.368 e. The van der Waals surface area contributed by atoms with Crippen LogP contribution in [-0.2, 0) is 6.42 Å². The fourth-order valence-corrected chi connectivity index (χ4v) is 3.30. The van der Waals surface area contributed by atoms with E-state index >= 15 is 0 Å². The standard InChI is InChI=1S/C19H27N5O2/c1-4-15-8-6-7-9-17(15)23-10-12-24(13-11-23)19(25)21-16(5-2)18-20-14(3)22-26-18/h6-9,16H,4-5,10-13H2,1-3H3,(H,21,25)/t16-/m0/s1. The summed E-state index contributed by atoms with van der Waals surface area (Å²) in [5.74, 6) is 1.05. The van der Waals surface area contributed by atoms with Gasteiger partial charge < -0.3 is 19.6 Å². The van der Waals surface area contributed by atoms with E-state index in [9.17, 15) is 4.79 Å². The number of aromatic nitrogens is 2. The number of carbonyl (C=O) groups is 1. The fraction of sp³-hybridized carbons (Fsp3) is 0.526. The zero-order valence-corrected chi connectivity index (χ0v) is 15.7. The Balaban J connectivity index is 1.58. The minimum atomic E-state index is -0.248. The van der Waals surface area contributed by atoms with Crippen molar-refractivity contribution in [3.8, 4) is 0 Å². The quantitative estimate of drug-likeness (QED) is 0.890. The van der Waals surface area contributed by atoms with Crippen molar-refractivity contribution in [3.63, 3.8) is 0 Å². The summed E-state index contributed by atoms with van der Waals surface area (Å²) >= 11 is 0. The lowest BCUT2D eigenvalue weighted by Gasteiger charge is -2.37. The van der Waals surface area contributed by atoms with Crippen molar-refractivity contribution >= 4 is 11.7 Å². The summed E-state index contributed by atoms with van der Waals surface area (Å²) in [5, 5.41) is 6.82. The first-order chi connectivity index (χ1) is 12.6. The molecule has 1 aromatic heterocycles. The number of aryl methyl sites for hydroxylation is 2. The molecule has 0 spiro atoms. The lowest BCUT2D eigenvalue weighted by atomic mass is 10.1. The Bertz CT molecular complexity index is 737. The van der Waals surface area contributed by atoms with Crippen LogP contribution < -0.4 is 10.2 Å². The van der Waals surface area contributed by atoms with Gasteiger partial charge in [0.1, 0.15) is 6.04 Å².